The standard InChI is InChI=1S/C20H25FN2O4S/c1-15-3-5-16(6-4-15)18(23-9-11-27-12-10-23)14-22-28(24,25)20-13-17(21)7-8-19(20)26-2/h3-8,13,18,22H,9-12,14H2,1-2H3. The van der Waals surface area contributed by atoms with Gasteiger partial charge in [0, 0.05) is 25.7 Å². The first kappa shape index (κ1) is 20.7. The lowest BCUT2D eigenvalue weighted by Gasteiger charge is -2.35. The van der Waals surface area contributed by atoms with Gasteiger partial charge < -0.3 is 9.47 Å². The molecule has 1 atom stereocenters. The molecule has 1 aliphatic heterocycles. The molecule has 0 amide bonds. The number of hydrogen-bond donors (Lipinski definition) is 1. The molecule has 1 fully saturated rings. The van der Waals surface area contributed by atoms with Crippen LogP contribution in [0.1, 0.15) is 17.2 Å². The molecule has 1 N–H and O–H groups in total. The van der Waals surface area contributed by atoms with Gasteiger partial charge in [-0.25, -0.2) is 17.5 Å². The Morgan fingerprint density at radius 3 is 2.50 bits per heavy atom. The Balaban J connectivity index is 1.84. The zero-order valence-corrected chi connectivity index (χ0v) is 16.8. The molecule has 2 aromatic carbocycles. The van der Waals surface area contributed by atoms with Crippen LogP contribution in [0.5, 0.6) is 5.75 Å². The summed E-state index contributed by atoms with van der Waals surface area (Å²) in [6.07, 6.45) is 0. The molecule has 1 saturated heterocycles. The Morgan fingerprint density at radius 2 is 1.86 bits per heavy atom. The Labute approximate surface area is 165 Å². The first-order valence-electron chi connectivity index (χ1n) is 9.12. The monoisotopic (exact) mass is 408 g/mol. The van der Waals surface area contributed by atoms with Crippen LogP contribution in [-0.2, 0) is 14.8 Å². The average molecular weight is 408 g/mol. The molecule has 2 aromatic rings. The summed E-state index contributed by atoms with van der Waals surface area (Å²) in [6, 6.07) is 11.3. The number of methoxy groups -OCH3 is 1. The Morgan fingerprint density at radius 1 is 1.18 bits per heavy atom. The second-order valence-electron chi connectivity index (χ2n) is 6.72. The third-order valence-electron chi connectivity index (χ3n) is 4.83. The van der Waals surface area contributed by atoms with Crippen LogP contribution >= 0.6 is 0 Å². The van der Waals surface area contributed by atoms with E-state index in [0.29, 0.717) is 26.3 Å². The molecule has 6 nitrogen and oxygen atoms in total. The van der Waals surface area contributed by atoms with Crippen LogP contribution < -0.4 is 9.46 Å². The van der Waals surface area contributed by atoms with Crippen molar-refractivity contribution in [3.05, 3.63) is 59.4 Å². The van der Waals surface area contributed by atoms with Gasteiger partial charge in [0.25, 0.3) is 0 Å². The van der Waals surface area contributed by atoms with Crippen LogP contribution in [0.4, 0.5) is 4.39 Å². The molecular weight excluding hydrogens is 383 g/mol. The summed E-state index contributed by atoms with van der Waals surface area (Å²) < 4.78 is 52.5. The number of sulfonamides is 1. The highest BCUT2D eigenvalue weighted by atomic mass is 32.2. The fourth-order valence-corrected chi connectivity index (χ4v) is 4.48. The number of morpholine rings is 1. The molecule has 152 valence electrons. The number of aryl methyl sites for hydroxylation is 1. The van der Waals surface area contributed by atoms with Crippen molar-refractivity contribution in [2.45, 2.75) is 17.9 Å². The van der Waals surface area contributed by atoms with Crippen molar-refractivity contribution >= 4 is 10.0 Å². The minimum atomic E-state index is -3.95. The van der Waals surface area contributed by atoms with Gasteiger partial charge in [-0.1, -0.05) is 29.8 Å². The van der Waals surface area contributed by atoms with Crippen molar-refractivity contribution in [2.24, 2.45) is 0 Å². The van der Waals surface area contributed by atoms with Gasteiger partial charge in [-0.3, -0.25) is 4.90 Å². The van der Waals surface area contributed by atoms with Crippen molar-refractivity contribution in [3.63, 3.8) is 0 Å². The molecule has 8 heteroatoms. The number of nitrogens with one attached hydrogen (secondary N) is 1. The van der Waals surface area contributed by atoms with Gasteiger partial charge in [0.2, 0.25) is 10.0 Å². The van der Waals surface area contributed by atoms with Crippen molar-refractivity contribution in [1.82, 2.24) is 9.62 Å². The van der Waals surface area contributed by atoms with Crippen LogP contribution in [0.3, 0.4) is 0 Å². The third kappa shape index (κ3) is 4.88. The molecule has 0 saturated carbocycles. The summed E-state index contributed by atoms with van der Waals surface area (Å²) in [5.41, 5.74) is 2.15. The second kappa shape index (κ2) is 9.00. The van der Waals surface area contributed by atoms with Crippen LogP contribution in [0, 0.1) is 12.7 Å². The molecule has 0 radical (unpaired) electrons. The lowest BCUT2D eigenvalue weighted by Crippen LogP contribution is -2.43. The lowest BCUT2D eigenvalue weighted by atomic mass is 10.0. The van der Waals surface area contributed by atoms with E-state index in [1.54, 1.807) is 0 Å². The summed E-state index contributed by atoms with van der Waals surface area (Å²) in [7, 11) is -2.59. The lowest BCUT2D eigenvalue weighted by molar-refractivity contribution is 0.0172. The number of rotatable bonds is 7. The molecule has 0 aliphatic carbocycles. The van der Waals surface area contributed by atoms with Crippen LogP contribution in [0.15, 0.2) is 47.4 Å². The fraction of sp³-hybridized carbons (Fsp3) is 0.400. The first-order valence-corrected chi connectivity index (χ1v) is 10.6. The maximum atomic E-state index is 13.6. The average Bonchev–Trinajstić information content (AvgIpc) is 2.70. The van der Waals surface area contributed by atoms with Crippen LogP contribution in [-0.4, -0.2) is 53.3 Å². The number of ether oxygens (including phenoxy) is 2. The molecule has 28 heavy (non-hydrogen) atoms. The quantitative estimate of drug-likeness (QED) is 0.763. The molecule has 1 unspecified atom stereocenters. The Bertz CT molecular complexity index is 897. The van der Waals surface area contributed by atoms with E-state index in [-0.39, 0.29) is 23.2 Å². The molecular formula is C20H25FN2O4S. The zero-order chi connectivity index (χ0) is 20.1. The Hall–Kier alpha value is -2.00. The summed E-state index contributed by atoms with van der Waals surface area (Å²) >= 11 is 0. The normalized spacial score (nSPS) is 16.7. The van der Waals surface area contributed by atoms with E-state index in [9.17, 15) is 12.8 Å². The van der Waals surface area contributed by atoms with E-state index in [1.807, 2.05) is 31.2 Å². The molecule has 0 bridgehead atoms. The van der Waals surface area contributed by atoms with E-state index < -0.39 is 15.8 Å². The molecule has 1 heterocycles. The minimum Gasteiger partial charge on any atom is -0.495 e. The Kier molecular flexibility index (Phi) is 6.66. The van der Waals surface area contributed by atoms with Gasteiger partial charge in [-0.15, -0.1) is 0 Å². The summed E-state index contributed by atoms with van der Waals surface area (Å²) in [4.78, 5) is 1.99. The highest BCUT2D eigenvalue weighted by molar-refractivity contribution is 7.89. The van der Waals surface area contributed by atoms with Crippen LogP contribution in [0.2, 0.25) is 0 Å². The van der Waals surface area contributed by atoms with Gasteiger partial charge in [0.15, 0.2) is 0 Å². The highest BCUT2D eigenvalue weighted by Gasteiger charge is 2.26. The zero-order valence-electron chi connectivity index (χ0n) is 16.0. The number of benzene rings is 2. The number of halogens is 1. The molecule has 3 rings (SSSR count). The largest absolute Gasteiger partial charge is 0.495 e. The SMILES string of the molecule is COc1ccc(F)cc1S(=O)(=O)NCC(c1ccc(C)cc1)N1CCOCC1. The van der Waals surface area contributed by atoms with Gasteiger partial charge in [0.05, 0.1) is 20.3 Å². The first-order chi connectivity index (χ1) is 13.4. The maximum absolute atomic E-state index is 13.6. The smallest absolute Gasteiger partial charge is 0.244 e. The van der Waals surface area contributed by atoms with Gasteiger partial charge in [0.1, 0.15) is 16.5 Å². The topological polar surface area (TPSA) is 67.9 Å². The van der Waals surface area contributed by atoms with Gasteiger partial charge in [-0.2, -0.15) is 0 Å². The van der Waals surface area contributed by atoms with Crippen molar-refractivity contribution in [1.29, 1.82) is 0 Å². The summed E-state index contributed by atoms with van der Waals surface area (Å²) in [5.74, 6) is -0.531. The van der Waals surface area contributed by atoms with Crippen LogP contribution in [0.25, 0.3) is 0 Å². The molecule has 0 spiro atoms. The predicted molar refractivity (Wildman–Crippen MR) is 104 cm³/mol. The minimum absolute atomic E-state index is 0.104. The van der Waals surface area contributed by atoms with E-state index in [2.05, 4.69) is 9.62 Å². The van der Waals surface area contributed by atoms with E-state index >= 15 is 0 Å². The molecule has 0 aromatic heterocycles. The summed E-state index contributed by atoms with van der Waals surface area (Å²) in [5, 5.41) is 0. The fourth-order valence-electron chi connectivity index (χ4n) is 3.26. The predicted octanol–water partition coefficient (Wildman–Crippen LogP) is 2.49. The van der Waals surface area contributed by atoms with E-state index in [0.717, 1.165) is 17.2 Å². The number of hydrogen-bond acceptors (Lipinski definition) is 5. The highest BCUT2D eigenvalue weighted by Crippen LogP contribution is 2.26. The van der Waals surface area contributed by atoms with E-state index in [4.69, 9.17) is 9.47 Å². The van der Waals surface area contributed by atoms with Crippen molar-refractivity contribution < 1.29 is 22.3 Å². The van der Waals surface area contributed by atoms with E-state index in [1.165, 1.54) is 19.2 Å². The maximum Gasteiger partial charge on any atom is 0.244 e. The third-order valence-corrected chi connectivity index (χ3v) is 6.28. The number of nitrogens with zero attached hydrogens (tertiary/aromatic N) is 1. The van der Waals surface area contributed by atoms with Gasteiger partial charge in [-0.05, 0) is 30.7 Å². The molecule has 1 aliphatic rings. The summed E-state index contributed by atoms with van der Waals surface area (Å²) in [6.45, 7) is 4.80. The van der Waals surface area contributed by atoms with Gasteiger partial charge >= 0.3 is 0 Å². The second-order valence-corrected chi connectivity index (χ2v) is 8.46. The van der Waals surface area contributed by atoms with Crippen molar-refractivity contribution in [2.75, 3.05) is 40.0 Å². The van der Waals surface area contributed by atoms with Crippen molar-refractivity contribution in [3.8, 4) is 5.75 Å².